The quantitative estimate of drug-likeness (QED) is 0.360. The maximum absolute atomic E-state index is 5.67. The molecule has 1 aromatic rings. The summed E-state index contributed by atoms with van der Waals surface area (Å²) in [5.41, 5.74) is 1.13. The first-order chi connectivity index (χ1) is 12.2. The van der Waals surface area contributed by atoms with Crippen LogP contribution in [-0.2, 0) is 11.3 Å². The van der Waals surface area contributed by atoms with Crippen LogP contribution in [-0.4, -0.2) is 62.9 Å². The number of morpholine rings is 1. The van der Waals surface area contributed by atoms with Gasteiger partial charge in [-0.25, -0.2) is 0 Å². The van der Waals surface area contributed by atoms with Crippen LogP contribution in [0.1, 0.15) is 26.3 Å². The van der Waals surface area contributed by atoms with Crippen molar-refractivity contribution in [1.29, 1.82) is 0 Å². The van der Waals surface area contributed by atoms with E-state index >= 15 is 0 Å². The van der Waals surface area contributed by atoms with E-state index in [1.807, 2.05) is 25.1 Å². The summed E-state index contributed by atoms with van der Waals surface area (Å²) in [6.45, 7) is 11.3. The second-order valence-corrected chi connectivity index (χ2v) is 6.36. The summed E-state index contributed by atoms with van der Waals surface area (Å²) >= 11 is 0. The van der Waals surface area contributed by atoms with Gasteiger partial charge in [-0.1, -0.05) is 18.2 Å². The molecule has 1 heterocycles. The Labute approximate surface area is 174 Å². The minimum atomic E-state index is 0. The number of para-hydroxylation sites is 1. The molecule has 0 aromatic heterocycles. The molecule has 148 valence electrons. The molecule has 1 fully saturated rings. The standard InChI is InChI=1S/C19H32N4O2.HI/c1-5-25-18-9-7-6-8-17(18)13-22-19(20-4)21-12-15(2)23-10-11-24-14-16(23)3;/h6-9,15-16H,5,10-14H2,1-4H3,(H2,20,21,22);1H. The number of halogens is 1. The van der Waals surface area contributed by atoms with Crippen molar-refractivity contribution in [2.45, 2.75) is 39.4 Å². The van der Waals surface area contributed by atoms with E-state index in [0.717, 1.165) is 43.6 Å². The average molecular weight is 476 g/mol. The number of ether oxygens (including phenoxy) is 2. The van der Waals surface area contributed by atoms with Gasteiger partial charge in [0.05, 0.1) is 19.8 Å². The smallest absolute Gasteiger partial charge is 0.191 e. The van der Waals surface area contributed by atoms with Gasteiger partial charge in [-0.15, -0.1) is 24.0 Å². The maximum Gasteiger partial charge on any atom is 0.191 e. The highest BCUT2D eigenvalue weighted by atomic mass is 127. The van der Waals surface area contributed by atoms with E-state index in [4.69, 9.17) is 9.47 Å². The molecular weight excluding hydrogens is 443 g/mol. The molecule has 0 saturated carbocycles. The monoisotopic (exact) mass is 476 g/mol. The van der Waals surface area contributed by atoms with Crippen molar-refractivity contribution in [1.82, 2.24) is 15.5 Å². The minimum Gasteiger partial charge on any atom is -0.494 e. The van der Waals surface area contributed by atoms with E-state index in [0.29, 0.717) is 25.2 Å². The number of rotatable bonds is 7. The zero-order valence-corrected chi connectivity index (χ0v) is 18.7. The van der Waals surface area contributed by atoms with Crippen LogP contribution in [0.5, 0.6) is 5.75 Å². The number of nitrogens with one attached hydrogen (secondary N) is 2. The van der Waals surface area contributed by atoms with Gasteiger partial charge in [-0.05, 0) is 26.8 Å². The first-order valence-corrected chi connectivity index (χ1v) is 9.14. The molecule has 1 aromatic carbocycles. The van der Waals surface area contributed by atoms with Crippen molar-refractivity contribution in [3.63, 3.8) is 0 Å². The highest BCUT2D eigenvalue weighted by molar-refractivity contribution is 14.0. The molecule has 2 atom stereocenters. The summed E-state index contributed by atoms with van der Waals surface area (Å²) in [6.07, 6.45) is 0. The van der Waals surface area contributed by atoms with Crippen molar-refractivity contribution in [3.8, 4) is 5.75 Å². The molecule has 0 radical (unpaired) electrons. The van der Waals surface area contributed by atoms with E-state index < -0.39 is 0 Å². The molecule has 6 nitrogen and oxygen atoms in total. The normalized spacial score (nSPS) is 19.4. The van der Waals surface area contributed by atoms with Crippen LogP contribution in [0.15, 0.2) is 29.3 Å². The van der Waals surface area contributed by atoms with Crippen LogP contribution in [0.3, 0.4) is 0 Å². The summed E-state index contributed by atoms with van der Waals surface area (Å²) < 4.78 is 11.2. The molecule has 0 bridgehead atoms. The van der Waals surface area contributed by atoms with E-state index in [2.05, 4.69) is 40.4 Å². The Morgan fingerprint density at radius 3 is 2.85 bits per heavy atom. The van der Waals surface area contributed by atoms with Gasteiger partial charge >= 0.3 is 0 Å². The Morgan fingerprint density at radius 2 is 2.15 bits per heavy atom. The number of nitrogens with zero attached hydrogens (tertiary/aromatic N) is 2. The topological polar surface area (TPSA) is 58.1 Å². The Hall–Kier alpha value is -1.06. The molecule has 7 heteroatoms. The zero-order valence-electron chi connectivity index (χ0n) is 16.3. The molecule has 2 unspecified atom stereocenters. The van der Waals surface area contributed by atoms with Gasteiger partial charge in [-0.3, -0.25) is 9.89 Å². The largest absolute Gasteiger partial charge is 0.494 e. The number of benzene rings is 1. The van der Waals surface area contributed by atoms with Gasteiger partial charge in [0.15, 0.2) is 5.96 Å². The number of guanidine groups is 1. The predicted octanol–water partition coefficient (Wildman–Crippen LogP) is 2.48. The highest BCUT2D eigenvalue weighted by Gasteiger charge is 2.23. The Morgan fingerprint density at radius 1 is 1.38 bits per heavy atom. The van der Waals surface area contributed by atoms with Gasteiger partial charge in [-0.2, -0.15) is 0 Å². The summed E-state index contributed by atoms with van der Waals surface area (Å²) in [7, 11) is 1.80. The van der Waals surface area contributed by atoms with Crippen LogP contribution >= 0.6 is 24.0 Å². The number of aliphatic imine (C=N–C) groups is 1. The van der Waals surface area contributed by atoms with Crippen LogP contribution in [0.4, 0.5) is 0 Å². The second-order valence-electron chi connectivity index (χ2n) is 6.36. The molecule has 2 N–H and O–H groups in total. The lowest BCUT2D eigenvalue weighted by Gasteiger charge is -2.38. The van der Waals surface area contributed by atoms with Crippen LogP contribution in [0, 0.1) is 0 Å². The zero-order chi connectivity index (χ0) is 18.1. The summed E-state index contributed by atoms with van der Waals surface area (Å²) in [4.78, 5) is 6.81. The number of hydrogen-bond donors (Lipinski definition) is 2. The fraction of sp³-hybridized carbons (Fsp3) is 0.632. The van der Waals surface area contributed by atoms with Crippen molar-refractivity contribution < 1.29 is 9.47 Å². The third-order valence-electron chi connectivity index (χ3n) is 4.49. The van der Waals surface area contributed by atoms with Crippen molar-refractivity contribution in [2.75, 3.05) is 40.0 Å². The predicted molar refractivity (Wildman–Crippen MR) is 118 cm³/mol. The molecule has 1 saturated heterocycles. The van der Waals surface area contributed by atoms with Gasteiger partial charge < -0.3 is 20.1 Å². The molecule has 0 spiro atoms. The second kappa shape index (κ2) is 12.3. The first-order valence-electron chi connectivity index (χ1n) is 9.14. The lowest BCUT2D eigenvalue weighted by Crippen LogP contribution is -2.52. The van der Waals surface area contributed by atoms with Gasteiger partial charge in [0.25, 0.3) is 0 Å². The molecule has 26 heavy (non-hydrogen) atoms. The van der Waals surface area contributed by atoms with Gasteiger partial charge in [0, 0.05) is 44.3 Å². The lowest BCUT2D eigenvalue weighted by atomic mass is 10.2. The van der Waals surface area contributed by atoms with E-state index in [9.17, 15) is 0 Å². The average Bonchev–Trinajstić information content (AvgIpc) is 2.63. The number of hydrogen-bond acceptors (Lipinski definition) is 4. The first kappa shape index (κ1) is 23.0. The maximum atomic E-state index is 5.67. The molecule has 0 amide bonds. The molecule has 2 rings (SSSR count). The molecule has 1 aliphatic rings. The Balaban J connectivity index is 0.00000338. The van der Waals surface area contributed by atoms with Gasteiger partial charge in [0.1, 0.15) is 5.75 Å². The van der Waals surface area contributed by atoms with Crippen molar-refractivity contribution >= 4 is 29.9 Å². The van der Waals surface area contributed by atoms with E-state index in [1.54, 1.807) is 7.05 Å². The van der Waals surface area contributed by atoms with Gasteiger partial charge in [0.2, 0.25) is 0 Å². The SMILES string of the molecule is CCOc1ccccc1CNC(=NC)NCC(C)N1CCOCC1C.I. The van der Waals surface area contributed by atoms with Crippen molar-refractivity contribution in [3.05, 3.63) is 29.8 Å². The fourth-order valence-corrected chi connectivity index (χ4v) is 3.10. The van der Waals surface area contributed by atoms with Crippen LogP contribution in [0.2, 0.25) is 0 Å². The van der Waals surface area contributed by atoms with Crippen molar-refractivity contribution in [2.24, 2.45) is 4.99 Å². The van der Waals surface area contributed by atoms with E-state index in [1.165, 1.54) is 0 Å². The Bertz CT molecular complexity index is 556. The third kappa shape index (κ3) is 6.92. The minimum absolute atomic E-state index is 0. The molecular formula is C19H33IN4O2. The fourth-order valence-electron chi connectivity index (χ4n) is 3.10. The van der Waals surface area contributed by atoms with Crippen LogP contribution in [0.25, 0.3) is 0 Å². The van der Waals surface area contributed by atoms with E-state index in [-0.39, 0.29) is 24.0 Å². The highest BCUT2D eigenvalue weighted by Crippen LogP contribution is 2.17. The van der Waals surface area contributed by atoms with Crippen LogP contribution < -0.4 is 15.4 Å². The molecule has 0 aliphatic carbocycles. The summed E-state index contributed by atoms with van der Waals surface area (Å²) in [5, 5.41) is 6.79. The lowest BCUT2D eigenvalue weighted by molar-refractivity contribution is -0.0174. The summed E-state index contributed by atoms with van der Waals surface area (Å²) in [6, 6.07) is 8.97. The summed E-state index contributed by atoms with van der Waals surface area (Å²) in [5.74, 6) is 1.72. The Kier molecular flexibility index (Phi) is 10.9. The third-order valence-corrected chi connectivity index (χ3v) is 4.49. The molecule has 1 aliphatic heterocycles.